The van der Waals surface area contributed by atoms with Crippen molar-refractivity contribution in [2.75, 3.05) is 10.5 Å². The third-order valence-electron chi connectivity index (χ3n) is 4.30. The number of hydrogen-bond donors (Lipinski definition) is 4. The lowest BCUT2D eigenvalue weighted by Crippen LogP contribution is -2.14. The summed E-state index contributed by atoms with van der Waals surface area (Å²) >= 11 is 5.89. The number of halogens is 2. The van der Waals surface area contributed by atoms with Crippen molar-refractivity contribution in [3.05, 3.63) is 52.9 Å². The lowest BCUT2D eigenvalue weighted by Gasteiger charge is -2.27. The monoisotopic (exact) mass is 416 g/mol. The molecule has 0 spiro atoms. The third kappa shape index (κ3) is 2.85. The molecule has 0 unspecified atom stereocenters. The fourth-order valence-electron chi connectivity index (χ4n) is 3.03. The highest BCUT2D eigenvalue weighted by molar-refractivity contribution is 8.24. The van der Waals surface area contributed by atoms with Crippen LogP contribution in [0.25, 0.3) is 10.9 Å². The zero-order valence-electron chi connectivity index (χ0n) is 13.2. The summed E-state index contributed by atoms with van der Waals surface area (Å²) in [6.45, 7) is 0. The zero-order valence-corrected chi connectivity index (χ0v) is 15.6. The van der Waals surface area contributed by atoms with Crippen LogP contribution in [0.4, 0.5) is 10.1 Å². The van der Waals surface area contributed by atoms with Crippen LogP contribution in [0.15, 0.2) is 46.3 Å². The van der Waals surface area contributed by atoms with Crippen molar-refractivity contribution in [2.24, 2.45) is 0 Å². The number of fused-ring (bicyclic) bond motifs is 2. The van der Waals surface area contributed by atoms with E-state index in [4.69, 9.17) is 11.6 Å². The Labute approximate surface area is 155 Å². The molecular weight excluding hydrogens is 403 g/mol. The molecule has 2 heterocycles. The van der Waals surface area contributed by atoms with Crippen LogP contribution in [0.5, 0.6) is 0 Å². The number of aromatic amines is 1. The van der Waals surface area contributed by atoms with E-state index in [-0.39, 0.29) is 21.2 Å². The molecule has 1 aliphatic rings. The summed E-state index contributed by atoms with van der Waals surface area (Å²) in [5, 5.41) is 0.860. The summed E-state index contributed by atoms with van der Waals surface area (Å²) in [7, 11) is -7.12. The molecule has 0 saturated carbocycles. The Kier molecular flexibility index (Phi) is 3.97. The molecule has 0 saturated heterocycles. The van der Waals surface area contributed by atoms with Gasteiger partial charge in [-0.15, -0.1) is 0 Å². The molecule has 138 valence electrons. The van der Waals surface area contributed by atoms with Gasteiger partial charge in [0.1, 0.15) is 10.7 Å². The molecule has 4 rings (SSSR count). The Morgan fingerprint density at radius 3 is 2.77 bits per heavy atom. The second kappa shape index (κ2) is 5.86. The van der Waals surface area contributed by atoms with E-state index in [1.807, 2.05) is 0 Å². The summed E-state index contributed by atoms with van der Waals surface area (Å²) in [4.78, 5) is 2.94. The van der Waals surface area contributed by atoms with Gasteiger partial charge in [0.2, 0.25) is 0 Å². The van der Waals surface area contributed by atoms with Gasteiger partial charge in [0, 0.05) is 27.9 Å². The number of aryl methyl sites for hydroxylation is 1. The summed E-state index contributed by atoms with van der Waals surface area (Å²) in [6.07, 6.45) is 1.63. The Balaban J connectivity index is 1.77. The summed E-state index contributed by atoms with van der Waals surface area (Å²) in [5.74, 6) is -0.659. The first kappa shape index (κ1) is 17.6. The van der Waals surface area contributed by atoms with Crippen molar-refractivity contribution in [3.63, 3.8) is 0 Å². The van der Waals surface area contributed by atoms with Gasteiger partial charge in [-0.3, -0.25) is 13.8 Å². The minimum Gasteiger partial charge on any atom is -0.360 e. The van der Waals surface area contributed by atoms with Crippen LogP contribution in [0.1, 0.15) is 5.56 Å². The van der Waals surface area contributed by atoms with Crippen LogP contribution in [-0.4, -0.2) is 28.3 Å². The van der Waals surface area contributed by atoms with Crippen molar-refractivity contribution in [3.8, 4) is 0 Å². The van der Waals surface area contributed by atoms with Crippen LogP contribution in [0, 0.1) is 5.82 Å². The number of aromatic nitrogens is 1. The van der Waals surface area contributed by atoms with E-state index in [1.54, 1.807) is 18.2 Å². The van der Waals surface area contributed by atoms with E-state index in [0.717, 1.165) is 12.1 Å². The van der Waals surface area contributed by atoms with Crippen molar-refractivity contribution < 1.29 is 21.9 Å². The topological polar surface area (TPSA) is 102 Å². The molecule has 0 radical (unpaired) electrons. The summed E-state index contributed by atoms with van der Waals surface area (Å²) in [5.41, 5.74) is 0.683. The highest BCUT2D eigenvalue weighted by Gasteiger charge is 2.30. The SMILES string of the molecule is O=S(=O)(Nc1cc2c(cc1F)CCS2(O)O)c1c[nH]c2cc(Cl)ccc12. The maximum absolute atomic E-state index is 14.3. The first-order valence-electron chi connectivity index (χ1n) is 7.55. The largest absolute Gasteiger partial charge is 0.360 e. The van der Waals surface area contributed by atoms with Crippen molar-refractivity contribution in [1.29, 1.82) is 0 Å². The molecule has 6 nitrogen and oxygen atoms in total. The number of nitrogens with one attached hydrogen (secondary N) is 2. The molecule has 0 amide bonds. The quantitative estimate of drug-likeness (QED) is 0.507. The second-order valence-corrected chi connectivity index (χ2v) is 10.3. The van der Waals surface area contributed by atoms with E-state index in [1.165, 1.54) is 6.20 Å². The number of sulfonamides is 1. The van der Waals surface area contributed by atoms with Gasteiger partial charge in [0.05, 0.1) is 10.6 Å². The number of H-pyrrole nitrogens is 1. The van der Waals surface area contributed by atoms with E-state index in [0.29, 0.717) is 27.9 Å². The van der Waals surface area contributed by atoms with Gasteiger partial charge in [-0.1, -0.05) is 11.6 Å². The molecule has 2 aromatic carbocycles. The van der Waals surface area contributed by atoms with Gasteiger partial charge in [-0.2, -0.15) is 10.6 Å². The van der Waals surface area contributed by atoms with Crippen LogP contribution in [0.2, 0.25) is 5.02 Å². The van der Waals surface area contributed by atoms with E-state index in [2.05, 4.69) is 9.71 Å². The number of benzene rings is 2. The minimum absolute atomic E-state index is 0.0596. The van der Waals surface area contributed by atoms with Gasteiger partial charge in [-0.25, -0.2) is 12.8 Å². The summed E-state index contributed by atoms with van der Waals surface area (Å²) < 4.78 is 62.0. The molecule has 0 bridgehead atoms. The van der Waals surface area contributed by atoms with E-state index in [9.17, 15) is 21.9 Å². The lowest BCUT2D eigenvalue weighted by molar-refractivity contribution is 0.492. The summed E-state index contributed by atoms with van der Waals surface area (Å²) in [6, 6.07) is 7.00. The normalized spacial score (nSPS) is 17.2. The molecule has 0 fully saturated rings. The fourth-order valence-corrected chi connectivity index (χ4v) is 6.05. The first-order chi connectivity index (χ1) is 12.2. The van der Waals surface area contributed by atoms with E-state index >= 15 is 0 Å². The smallest absolute Gasteiger partial charge is 0.264 e. The molecule has 1 aliphatic heterocycles. The highest BCUT2D eigenvalue weighted by Crippen LogP contribution is 2.55. The molecule has 3 aromatic rings. The Bertz CT molecular complexity index is 1140. The van der Waals surface area contributed by atoms with Crippen molar-refractivity contribution in [1.82, 2.24) is 4.98 Å². The average Bonchev–Trinajstić information content (AvgIpc) is 3.09. The number of hydrogen-bond acceptors (Lipinski definition) is 4. The van der Waals surface area contributed by atoms with Gasteiger partial charge >= 0.3 is 0 Å². The van der Waals surface area contributed by atoms with E-state index < -0.39 is 26.4 Å². The molecule has 26 heavy (non-hydrogen) atoms. The van der Waals surface area contributed by atoms with Crippen LogP contribution < -0.4 is 4.72 Å². The fraction of sp³-hybridized carbons (Fsp3) is 0.125. The molecule has 0 atom stereocenters. The predicted octanol–water partition coefficient (Wildman–Crippen LogP) is 4.43. The molecule has 10 heteroatoms. The van der Waals surface area contributed by atoms with Crippen LogP contribution in [0.3, 0.4) is 0 Å². The van der Waals surface area contributed by atoms with Crippen molar-refractivity contribution in [2.45, 2.75) is 16.2 Å². The van der Waals surface area contributed by atoms with Gasteiger partial charge in [0.15, 0.2) is 0 Å². The molecular formula is C16H14ClFN2O4S2. The van der Waals surface area contributed by atoms with Gasteiger partial charge < -0.3 is 4.98 Å². The van der Waals surface area contributed by atoms with Crippen LogP contribution >= 0.6 is 22.2 Å². The molecule has 1 aromatic heterocycles. The maximum atomic E-state index is 14.3. The Morgan fingerprint density at radius 2 is 2.00 bits per heavy atom. The molecule has 0 aliphatic carbocycles. The predicted molar refractivity (Wildman–Crippen MR) is 100 cm³/mol. The van der Waals surface area contributed by atoms with Crippen LogP contribution in [-0.2, 0) is 16.4 Å². The van der Waals surface area contributed by atoms with Crippen molar-refractivity contribution >= 4 is 48.8 Å². The Hall–Kier alpha value is -1.78. The zero-order chi connectivity index (χ0) is 18.7. The molecule has 4 N–H and O–H groups in total. The van der Waals surface area contributed by atoms with Gasteiger partial charge in [0.25, 0.3) is 10.0 Å². The first-order valence-corrected chi connectivity index (χ1v) is 11.1. The lowest BCUT2D eigenvalue weighted by atomic mass is 10.1. The average molecular weight is 417 g/mol. The standard InChI is InChI=1S/C16H14ClFN2O4S2/c17-10-1-2-11-13(6-10)19-8-16(11)26(23,24)20-14-7-15-9(5-12(14)18)3-4-25(15,21)22/h1-2,5-8,19-22H,3-4H2. The highest BCUT2D eigenvalue weighted by atomic mass is 35.5. The second-order valence-electron chi connectivity index (χ2n) is 6.01. The van der Waals surface area contributed by atoms with Gasteiger partial charge in [-0.05, 0) is 42.3 Å². The minimum atomic E-state index is -4.10. The maximum Gasteiger partial charge on any atom is 0.264 e. The number of anilines is 1. The Morgan fingerprint density at radius 1 is 1.23 bits per heavy atom. The number of rotatable bonds is 3. The third-order valence-corrected chi connectivity index (χ3v) is 7.80.